The van der Waals surface area contributed by atoms with Gasteiger partial charge in [0.1, 0.15) is 30.5 Å². The zero-order valence-corrected chi connectivity index (χ0v) is 18.5. The minimum absolute atomic E-state index is 0. The van der Waals surface area contributed by atoms with E-state index < -0.39 is 0 Å². The van der Waals surface area contributed by atoms with Crippen LogP contribution in [-0.2, 0) is 6.61 Å². The monoisotopic (exact) mass is 443 g/mol. The first-order chi connectivity index (χ1) is 15.7. The van der Waals surface area contributed by atoms with Crippen molar-refractivity contribution in [1.82, 2.24) is 11.1 Å². The Hall–Kier alpha value is -4.10. The minimum Gasteiger partial charge on any atom is -0.489 e. The highest BCUT2D eigenvalue weighted by Gasteiger charge is 2.06. The van der Waals surface area contributed by atoms with E-state index in [-0.39, 0.29) is 6.15 Å². The Labute approximate surface area is 193 Å². The topological polar surface area (TPSA) is 131 Å². The van der Waals surface area contributed by atoms with Crippen LogP contribution in [0.5, 0.6) is 11.5 Å². The number of hydrogen-bond acceptors (Lipinski definition) is 6. The number of hydrogen-bond donors (Lipinski definition) is 3. The molecule has 0 unspecified atom stereocenters. The van der Waals surface area contributed by atoms with Gasteiger partial charge in [-0.15, -0.1) is 0 Å². The molecule has 3 aromatic rings. The Morgan fingerprint density at radius 2 is 1.76 bits per heavy atom. The van der Waals surface area contributed by atoms with E-state index in [0.717, 1.165) is 45.7 Å². The van der Waals surface area contributed by atoms with E-state index in [4.69, 9.17) is 21.1 Å². The lowest BCUT2D eigenvalue weighted by Gasteiger charge is -2.11. The third kappa shape index (κ3) is 6.69. The highest BCUT2D eigenvalue weighted by atomic mass is 16.5. The molecule has 0 atom stereocenters. The maximum Gasteiger partial charge on any atom is 0.130 e. The van der Waals surface area contributed by atoms with Crippen molar-refractivity contribution in [3.05, 3.63) is 102 Å². The lowest BCUT2D eigenvalue weighted by Crippen LogP contribution is -2.14. The summed E-state index contributed by atoms with van der Waals surface area (Å²) < 4.78 is 12.0. The Bertz CT molecular complexity index is 1210. The molecule has 0 fully saturated rings. The van der Waals surface area contributed by atoms with Gasteiger partial charge in [-0.05, 0) is 41.8 Å². The lowest BCUT2D eigenvalue weighted by molar-refractivity contribution is 0.297. The van der Waals surface area contributed by atoms with E-state index >= 15 is 0 Å². The molecule has 0 saturated heterocycles. The summed E-state index contributed by atoms with van der Waals surface area (Å²) in [6.07, 6.45) is 9.52. The Kier molecular flexibility index (Phi) is 8.21. The first kappa shape index (κ1) is 23.6. The number of amidine groups is 1. The fourth-order valence-corrected chi connectivity index (χ4v) is 3.42. The maximum atomic E-state index is 6.02. The minimum atomic E-state index is 0. The largest absolute Gasteiger partial charge is 0.489 e. The van der Waals surface area contributed by atoms with Crippen molar-refractivity contribution in [2.45, 2.75) is 19.4 Å². The third-order valence-electron chi connectivity index (χ3n) is 5.04. The van der Waals surface area contributed by atoms with Gasteiger partial charge in [-0.2, -0.15) is 5.10 Å². The number of ether oxygens (including phenoxy) is 2. The smallest absolute Gasteiger partial charge is 0.130 e. The number of pyridine rings is 1. The van der Waals surface area contributed by atoms with E-state index in [0.29, 0.717) is 25.5 Å². The quantitative estimate of drug-likeness (QED) is 0.199. The molecule has 1 aromatic heterocycles. The molecule has 7 N–H and O–H groups in total. The molecule has 0 radical (unpaired) electrons. The summed E-state index contributed by atoms with van der Waals surface area (Å²) >= 11 is 0. The van der Waals surface area contributed by atoms with Crippen LogP contribution in [0.2, 0.25) is 0 Å². The highest BCUT2D eigenvalue weighted by molar-refractivity contribution is 5.83. The van der Waals surface area contributed by atoms with Crippen molar-refractivity contribution < 1.29 is 9.47 Å². The number of rotatable bonds is 8. The van der Waals surface area contributed by atoms with Gasteiger partial charge in [-0.1, -0.05) is 54.6 Å². The fraction of sp³-hybridized carbons (Fsp3) is 0.154. The number of para-hydroxylation sites is 1. The van der Waals surface area contributed by atoms with E-state index in [2.05, 4.69) is 28.3 Å². The molecule has 7 nitrogen and oxygen atoms in total. The van der Waals surface area contributed by atoms with Crippen LogP contribution < -0.4 is 27.2 Å². The van der Waals surface area contributed by atoms with Gasteiger partial charge in [0.05, 0.1) is 11.2 Å². The predicted octanol–water partition coefficient (Wildman–Crippen LogP) is 4.79. The van der Waals surface area contributed by atoms with Crippen molar-refractivity contribution in [2.75, 3.05) is 6.61 Å². The molecule has 0 aliphatic heterocycles. The van der Waals surface area contributed by atoms with Gasteiger partial charge in [0.2, 0.25) is 0 Å². The van der Waals surface area contributed by atoms with Crippen LogP contribution in [0.15, 0.2) is 101 Å². The average Bonchev–Trinajstić information content (AvgIpc) is 3.06. The predicted molar refractivity (Wildman–Crippen MR) is 133 cm³/mol. The van der Waals surface area contributed by atoms with E-state index in [1.165, 1.54) is 0 Å². The number of allylic oxidation sites excluding steroid dienone is 4. The van der Waals surface area contributed by atoms with Gasteiger partial charge in [-0.3, -0.25) is 0 Å². The second kappa shape index (κ2) is 11.5. The van der Waals surface area contributed by atoms with Gasteiger partial charge >= 0.3 is 0 Å². The van der Waals surface area contributed by atoms with Crippen LogP contribution >= 0.6 is 0 Å². The van der Waals surface area contributed by atoms with E-state index in [1.54, 1.807) is 0 Å². The number of hydrazone groups is 1. The van der Waals surface area contributed by atoms with Crippen LogP contribution in [-0.4, -0.2) is 17.4 Å². The van der Waals surface area contributed by atoms with Crippen molar-refractivity contribution in [3.63, 3.8) is 0 Å². The number of nitrogens with zero attached hydrogens (tertiary/aromatic N) is 2. The molecule has 1 aliphatic rings. The first-order valence-corrected chi connectivity index (χ1v) is 10.5. The van der Waals surface area contributed by atoms with Crippen molar-refractivity contribution >= 4 is 16.7 Å². The molecule has 0 bridgehead atoms. The van der Waals surface area contributed by atoms with Gasteiger partial charge in [-0.25, -0.2) is 4.98 Å². The van der Waals surface area contributed by atoms with Crippen molar-refractivity contribution in [1.29, 1.82) is 0 Å². The number of benzene rings is 2. The molecule has 1 aliphatic carbocycles. The van der Waals surface area contributed by atoms with Crippen molar-refractivity contribution in [2.24, 2.45) is 16.7 Å². The standard InChI is InChI=1S/C26H26N4O2.H3N/c27-26(30-28)15-19-6-1-2-7-20(14-19)17-31-23-9-5-10-24(16-23)32-18-22-13-12-21-8-3-4-11-25(21)29-22;/h1-6,8-14,16H,7,15,17-18,28H2,(H2,27,30);1H3. The summed E-state index contributed by atoms with van der Waals surface area (Å²) in [5, 5.41) is 4.66. The molecule has 2 aromatic carbocycles. The normalized spacial score (nSPS) is 13.5. The number of nitrogens with two attached hydrogens (primary N) is 2. The average molecular weight is 444 g/mol. The van der Waals surface area contributed by atoms with Crippen LogP contribution in [0, 0.1) is 0 Å². The van der Waals surface area contributed by atoms with Crippen LogP contribution in [0.25, 0.3) is 10.9 Å². The van der Waals surface area contributed by atoms with Crippen LogP contribution in [0.4, 0.5) is 0 Å². The highest BCUT2D eigenvalue weighted by Crippen LogP contribution is 2.23. The lowest BCUT2D eigenvalue weighted by atomic mass is 10.1. The summed E-state index contributed by atoms with van der Waals surface area (Å²) in [6.45, 7) is 0.861. The summed E-state index contributed by atoms with van der Waals surface area (Å²) in [5.74, 6) is 7.13. The maximum absolute atomic E-state index is 6.02. The first-order valence-electron chi connectivity index (χ1n) is 10.5. The Balaban J connectivity index is 0.00000306. The zero-order chi connectivity index (χ0) is 22.2. The SMILES string of the molecule is N.N/N=C(\N)CC1=CC=CCC(COc2cccc(OCc3ccc4ccccc4n3)c2)=C1. The fourth-order valence-electron chi connectivity index (χ4n) is 3.42. The van der Waals surface area contributed by atoms with Gasteiger partial charge in [0.25, 0.3) is 0 Å². The molecule has 1 heterocycles. The number of fused-ring (bicyclic) bond motifs is 1. The van der Waals surface area contributed by atoms with Crippen LogP contribution in [0.1, 0.15) is 18.5 Å². The summed E-state index contributed by atoms with van der Waals surface area (Å²) in [4.78, 5) is 4.65. The summed E-state index contributed by atoms with van der Waals surface area (Å²) in [6, 6.07) is 19.7. The molecule has 0 saturated carbocycles. The van der Waals surface area contributed by atoms with Gasteiger partial charge < -0.3 is 27.2 Å². The zero-order valence-electron chi connectivity index (χ0n) is 18.5. The molecule has 0 amide bonds. The Morgan fingerprint density at radius 1 is 0.970 bits per heavy atom. The second-order valence-corrected chi connectivity index (χ2v) is 7.52. The molecule has 4 rings (SSSR count). The molecule has 7 heteroatoms. The van der Waals surface area contributed by atoms with E-state index in [1.807, 2.05) is 66.7 Å². The summed E-state index contributed by atoms with van der Waals surface area (Å²) in [5.41, 5.74) is 9.79. The van der Waals surface area contributed by atoms with E-state index in [9.17, 15) is 0 Å². The second-order valence-electron chi connectivity index (χ2n) is 7.52. The molecular formula is C26H29N5O2. The van der Waals surface area contributed by atoms with Gasteiger partial charge in [0.15, 0.2) is 0 Å². The molecule has 170 valence electrons. The van der Waals surface area contributed by atoms with Crippen LogP contribution in [0.3, 0.4) is 0 Å². The third-order valence-corrected chi connectivity index (χ3v) is 5.04. The van der Waals surface area contributed by atoms with Gasteiger partial charge in [0, 0.05) is 17.9 Å². The molecule has 33 heavy (non-hydrogen) atoms. The molecular weight excluding hydrogens is 414 g/mol. The van der Waals surface area contributed by atoms with Crippen molar-refractivity contribution in [3.8, 4) is 11.5 Å². The Morgan fingerprint density at radius 3 is 2.58 bits per heavy atom. The summed E-state index contributed by atoms with van der Waals surface area (Å²) in [7, 11) is 0. The molecule has 0 spiro atoms. The number of aromatic nitrogens is 1.